The van der Waals surface area contributed by atoms with Gasteiger partial charge >= 0.3 is 0 Å². The number of hydrogen-bond acceptors (Lipinski definition) is 3. The van der Waals surface area contributed by atoms with Gasteiger partial charge in [-0.2, -0.15) is 0 Å². The molecule has 2 heterocycles. The van der Waals surface area contributed by atoms with E-state index in [1.807, 2.05) is 11.4 Å². The smallest absolute Gasteiger partial charge is 0.133 e. The summed E-state index contributed by atoms with van der Waals surface area (Å²) in [4.78, 5) is 5.96. The molecule has 0 radical (unpaired) electrons. The summed E-state index contributed by atoms with van der Waals surface area (Å²) in [5.41, 5.74) is 6.71. The lowest BCUT2D eigenvalue weighted by Crippen LogP contribution is -2.20. The van der Waals surface area contributed by atoms with Crippen molar-refractivity contribution < 1.29 is 0 Å². The molecule has 0 aromatic carbocycles. The summed E-state index contributed by atoms with van der Waals surface area (Å²) in [7, 11) is 0. The van der Waals surface area contributed by atoms with E-state index in [1.54, 1.807) is 11.3 Å². The SMILES string of the molecule is NC1=NC(=S)Cc2sccc21. The van der Waals surface area contributed by atoms with Crippen LogP contribution in [-0.2, 0) is 6.42 Å². The molecule has 2 rings (SSSR count). The molecule has 1 aliphatic heterocycles. The molecule has 0 unspecified atom stereocenters. The Morgan fingerprint density at radius 3 is 3.27 bits per heavy atom. The van der Waals surface area contributed by atoms with E-state index in [9.17, 15) is 0 Å². The zero-order valence-electron chi connectivity index (χ0n) is 5.70. The fourth-order valence-corrected chi connectivity index (χ4v) is 2.30. The number of fused-ring (bicyclic) bond motifs is 1. The number of amidine groups is 1. The Bertz CT molecular complexity index is 338. The first-order valence-corrected chi connectivity index (χ1v) is 4.50. The third kappa shape index (κ3) is 1.08. The first kappa shape index (κ1) is 6.94. The topological polar surface area (TPSA) is 38.4 Å². The van der Waals surface area contributed by atoms with Crippen molar-refractivity contribution in [3.63, 3.8) is 0 Å². The molecule has 0 bridgehead atoms. The second-order valence-corrected chi connectivity index (χ2v) is 3.80. The maximum atomic E-state index is 5.65. The maximum absolute atomic E-state index is 5.65. The van der Waals surface area contributed by atoms with E-state index in [0.717, 1.165) is 12.0 Å². The molecule has 4 heteroatoms. The van der Waals surface area contributed by atoms with Gasteiger partial charge in [-0.3, -0.25) is 0 Å². The molecule has 0 fully saturated rings. The van der Waals surface area contributed by atoms with Crippen LogP contribution in [-0.4, -0.2) is 10.8 Å². The highest BCUT2D eigenvalue weighted by Gasteiger charge is 2.14. The van der Waals surface area contributed by atoms with Gasteiger partial charge in [0.2, 0.25) is 0 Å². The van der Waals surface area contributed by atoms with Crippen LogP contribution in [0.4, 0.5) is 0 Å². The fraction of sp³-hybridized carbons (Fsp3) is 0.143. The van der Waals surface area contributed by atoms with Gasteiger partial charge in [-0.25, -0.2) is 4.99 Å². The van der Waals surface area contributed by atoms with Gasteiger partial charge in [0.1, 0.15) is 10.8 Å². The van der Waals surface area contributed by atoms with Crippen molar-refractivity contribution in [2.24, 2.45) is 10.7 Å². The molecule has 2 nitrogen and oxygen atoms in total. The number of rotatable bonds is 0. The molecule has 0 amide bonds. The molecule has 0 aliphatic carbocycles. The third-order valence-electron chi connectivity index (χ3n) is 1.58. The van der Waals surface area contributed by atoms with Crippen LogP contribution in [0, 0.1) is 0 Å². The lowest BCUT2D eigenvalue weighted by molar-refractivity contribution is 1.33. The molecular formula is C7H6N2S2. The lowest BCUT2D eigenvalue weighted by atomic mass is 10.1. The maximum Gasteiger partial charge on any atom is 0.133 e. The second-order valence-electron chi connectivity index (χ2n) is 2.33. The Labute approximate surface area is 73.8 Å². The van der Waals surface area contributed by atoms with Crippen LogP contribution < -0.4 is 5.73 Å². The Morgan fingerprint density at radius 2 is 2.45 bits per heavy atom. The van der Waals surface area contributed by atoms with Crippen LogP contribution in [0.2, 0.25) is 0 Å². The molecular weight excluding hydrogens is 176 g/mol. The molecule has 0 atom stereocenters. The Morgan fingerprint density at radius 1 is 1.64 bits per heavy atom. The van der Waals surface area contributed by atoms with E-state index in [1.165, 1.54) is 4.88 Å². The van der Waals surface area contributed by atoms with Gasteiger partial charge in [0.15, 0.2) is 0 Å². The predicted molar refractivity (Wildman–Crippen MR) is 51.3 cm³/mol. The van der Waals surface area contributed by atoms with Crippen LogP contribution in [0.25, 0.3) is 0 Å². The lowest BCUT2D eigenvalue weighted by Gasteiger charge is -2.08. The Hall–Kier alpha value is -0.740. The summed E-state index contributed by atoms with van der Waals surface area (Å²) in [6.45, 7) is 0. The molecule has 56 valence electrons. The van der Waals surface area contributed by atoms with Gasteiger partial charge in [0.05, 0.1) is 0 Å². The van der Waals surface area contributed by atoms with Gasteiger partial charge < -0.3 is 5.73 Å². The minimum absolute atomic E-state index is 0.567. The minimum Gasteiger partial charge on any atom is -0.383 e. The Kier molecular flexibility index (Phi) is 1.51. The molecule has 0 saturated carbocycles. The average molecular weight is 182 g/mol. The standard InChI is InChI=1S/C7H6N2S2/c8-7-4-1-2-11-5(4)3-6(10)9-7/h1-2H,3H2,(H2,8,9,10). The summed E-state index contributed by atoms with van der Waals surface area (Å²) in [5.74, 6) is 0.567. The number of nitrogens with zero attached hydrogens (tertiary/aromatic N) is 1. The summed E-state index contributed by atoms with van der Waals surface area (Å²) in [5, 5.41) is 2.01. The van der Waals surface area contributed by atoms with Gasteiger partial charge in [-0.15, -0.1) is 11.3 Å². The first-order chi connectivity index (χ1) is 5.27. The van der Waals surface area contributed by atoms with Crippen LogP contribution >= 0.6 is 23.6 Å². The van der Waals surface area contributed by atoms with Crippen molar-refractivity contribution in [2.75, 3.05) is 0 Å². The largest absolute Gasteiger partial charge is 0.383 e. The summed E-state index contributed by atoms with van der Waals surface area (Å²) in [6, 6.07) is 1.99. The number of thiophene rings is 1. The van der Waals surface area contributed by atoms with Crippen molar-refractivity contribution in [1.29, 1.82) is 0 Å². The van der Waals surface area contributed by atoms with Gasteiger partial charge in [0.25, 0.3) is 0 Å². The van der Waals surface area contributed by atoms with Gasteiger partial charge in [-0.05, 0) is 11.4 Å². The van der Waals surface area contributed by atoms with Crippen molar-refractivity contribution in [2.45, 2.75) is 6.42 Å². The van der Waals surface area contributed by atoms with Crippen molar-refractivity contribution in [1.82, 2.24) is 0 Å². The summed E-state index contributed by atoms with van der Waals surface area (Å²) < 4.78 is 0. The quantitative estimate of drug-likeness (QED) is 0.615. The van der Waals surface area contributed by atoms with Crippen molar-refractivity contribution in [3.05, 3.63) is 21.9 Å². The van der Waals surface area contributed by atoms with Crippen LogP contribution in [0.15, 0.2) is 16.4 Å². The molecule has 1 aromatic rings. The molecule has 2 N–H and O–H groups in total. The number of hydrogen-bond donors (Lipinski definition) is 1. The third-order valence-corrected chi connectivity index (χ3v) is 2.73. The van der Waals surface area contributed by atoms with E-state index in [-0.39, 0.29) is 0 Å². The van der Waals surface area contributed by atoms with E-state index >= 15 is 0 Å². The van der Waals surface area contributed by atoms with Crippen molar-refractivity contribution in [3.8, 4) is 0 Å². The number of aliphatic imine (C=N–C) groups is 1. The Balaban J connectivity index is 2.58. The van der Waals surface area contributed by atoms with Crippen molar-refractivity contribution >= 4 is 34.4 Å². The first-order valence-electron chi connectivity index (χ1n) is 3.21. The van der Waals surface area contributed by atoms with E-state index in [4.69, 9.17) is 18.0 Å². The predicted octanol–water partition coefficient (Wildman–Crippen LogP) is 1.34. The van der Waals surface area contributed by atoms with Crippen LogP contribution in [0.5, 0.6) is 0 Å². The van der Waals surface area contributed by atoms with Gasteiger partial charge in [0, 0.05) is 16.9 Å². The summed E-state index contributed by atoms with van der Waals surface area (Å²) in [6.07, 6.45) is 0.781. The van der Waals surface area contributed by atoms with Gasteiger partial charge in [-0.1, -0.05) is 12.2 Å². The zero-order valence-corrected chi connectivity index (χ0v) is 7.34. The average Bonchev–Trinajstić information content (AvgIpc) is 2.34. The van der Waals surface area contributed by atoms with E-state index in [0.29, 0.717) is 10.8 Å². The monoisotopic (exact) mass is 182 g/mol. The molecule has 0 saturated heterocycles. The minimum atomic E-state index is 0.567. The molecule has 1 aliphatic rings. The summed E-state index contributed by atoms with van der Waals surface area (Å²) >= 11 is 6.65. The molecule has 1 aromatic heterocycles. The zero-order chi connectivity index (χ0) is 7.84. The number of thiocarbonyl (C=S) groups is 1. The highest BCUT2D eigenvalue weighted by Crippen LogP contribution is 2.21. The molecule has 0 spiro atoms. The highest BCUT2D eigenvalue weighted by atomic mass is 32.1. The molecule has 11 heavy (non-hydrogen) atoms. The van der Waals surface area contributed by atoms with Crippen LogP contribution in [0.3, 0.4) is 0 Å². The fourth-order valence-electron chi connectivity index (χ4n) is 1.08. The van der Waals surface area contributed by atoms with Crippen LogP contribution in [0.1, 0.15) is 10.4 Å². The second kappa shape index (κ2) is 2.39. The van der Waals surface area contributed by atoms with E-state index in [2.05, 4.69) is 4.99 Å². The normalized spacial score (nSPS) is 16.0. The highest BCUT2D eigenvalue weighted by molar-refractivity contribution is 7.80. The number of nitrogens with two attached hydrogens (primary N) is 1. The van der Waals surface area contributed by atoms with E-state index < -0.39 is 0 Å².